The summed E-state index contributed by atoms with van der Waals surface area (Å²) in [5.41, 5.74) is 17.0. The first-order valence-electron chi connectivity index (χ1n) is 22.3. The van der Waals surface area contributed by atoms with Crippen molar-refractivity contribution in [1.82, 2.24) is 0 Å². The van der Waals surface area contributed by atoms with Crippen molar-refractivity contribution in [1.29, 1.82) is 0 Å². The molecule has 0 fully saturated rings. The molecule has 0 spiro atoms. The average molecular weight is 859 g/mol. The Balaban J connectivity index is 1.29. The number of anilines is 6. The van der Waals surface area contributed by atoms with Gasteiger partial charge in [0.15, 0.2) is 23.0 Å². The molecule has 0 amide bonds. The molecular weight excluding hydrogens is 804 g/mol. The van der Waals surface area contributed by atoms with Crippen LogP contribution >= 0.6 is 22.7 Å². The third kappa shape index (κ3) is 5.86. The van der Waals surface area contributed by atoms with Crippen LogP contribution in [0.3, 0.4) is 0 Å². The number of nitrogens with zero attached hydrogens (tertiary/aromatic N) is 2. The van der Waals surface area contributed by atoms with E-state index in [1.165, 1.54) is 74.6 Å². The molecule has 6 heterocycles. The lowest BCUT2D eigenvalue weighted by molar-refractivity contribution is 0.296. The van der Waals surface area contributed by atoms with Gasteiger partial charge in [0, 0.05) is 65.1 Å². The maximum atomic E-state index is 6.57. The molecule has 0 saturated heterocycles. The summed E-state index contributed by atoms with van der Waals surface area (Å²) in [6, 6.07) is 23.7. The minimum absolute atomic E-state index is 0.0155. The normalized spacial score (nSPS) is 15.7. The van der Waals surface area contributed by atoms with Crippen LogP contribution in [0.25, 0.3) is 20.2 Å². The summed E-state index contributed by atoms with van der Waals surface area (Å²) in [6.45, 7) is 27.7. The summed E-state index contributed by atoms with van der Waals surface area (Å²) < 4.78 is 31.2. The molecule has 0 atom stereocenters. The third-order valence-corrected chi connectivity index (χ3v) is 15.9. The molecule has 0 radical (unpaired) electrons. The number of hydrogen-bond donors (Lipinski definition) is 0. The molecule has 6 nitrogen and oxygen atoms in total. The number of thiophene rings is 2. The Hall–Kier alpha value is -5.12. The highest BCUT2D eigenvalue weighted by Crippen LogP contribution is 2.55. The monoisotopic (exact) mass is 858 g/mol. The Labute approximate surface area is 374 Å². The first kappa shape index (κ1) is 39.7. The van der Waals surface area contributed by atoms with Gasteiger partial charge in [-0.05, 0) is 127 Å². The number of hydrogen-bond acceptors (Lipinski definition) is 8. The van der Waals surface area contributed by atoms with E-state index in [1.54, 1.807) is 0 Å². The molecule has 0 unspecified atom stereocenters. The summed E-state index contributed by atoms with van der Waals surface area (Å²) in [4.78, 5) is 5.23. The van der Waals surface area contributed by atoms with Crippen LogP contribution in [-0.2, 0) is 10.8 Å². The van der Waals surface area contributed by atoms with Crippen molar-refractivity contribution in [3.8, 4) is 23.0 Å². The quantitative estimate of drug-likeness (QED) is 0.161. The second kappa shape index (κ2) is 13.9. The predicted octanol–water partition coefficient (Wildman–Crippen LogP) is 12.7. The number of ether oxygens (including phenoxy) is 4. The van der Waals surface area contributed by atoms with E-state index in [-0.39, 0.29) is 17.5 Å². The van der Waals surface area contributed by atoms with Gasteiger partial charge in [-0.25, -0.2) is 0 Å². The smallest absolute Gasteiger partial charge is 0.277 e. The van der Waals surface area contributed by atoms with Crippen molar-refractivity contribution in [2.75, 3.05) is 36.2 Å². The van der Waals surface area contributed by atoms with Gasteiger partial charge in [0.1, 0.15) is 0 Å². The van der Waals surface area contributed by atoms with E-state index in [1.807, 2.05) is 22.7 Å². The fourth-order valence-corrected chi connectivity index (χ4v) is 13.1. The molecule has 4 aliphatic rings. The van der Waals surface area contributed by atoms with Gasteiger partial charge in [-0.15, -0.1) is 22.7 Å². The van der Waals surface area contributed by atoms with Crippen molar-refractivity contribution in [2.24, 2.45) is 0 Å². The minimum Gasteiger partial charge on any atom is -0.490 e. The van der Waals surface area contributed by atoms with E-state index in [0.29, 0.717) is 26.4 Å². The molecule has 316 valence electrons. The lowest BCUT2D eigenvalue weighted by atomic mass is 9.39. The van der Waals surface area contributed by atoms with Gasteiger partial charge in [0.05, 0.1) is 49.2 Å². The van der Waals surface area contributed by atoms with E-state index < -0.39 is 0 Å². The van der Waals surface area contributed by atoms with Crippen molar-refractivity contribution >= 4 is 98.7 Å². The van der Waals surface area contributed by atoms with Crippen molar-refractivity contribution in [2.45, 2.75) is 99.8 Å². The number of fused-ring (bicyclic) bond motifs is 10. The predicted molar refractivity (Wildman–Crippen MR) is 264 cm³/mol. The van der Waals surface area contributed by atoms with Gasteiger partial charge in [0.25, 0.3) is 6.71 Å². The average Bonchev–Trinajstić information content (AvgIpc) is 3.55. The molecular formula is C53H55BN2O4S2. The summed E-state index contributed by atoms with van der Waals surface area (Å²) in [6.07, 6.45) is 1.72. The standard InChI is InChI=1S/C53H55BN2O4S2/c1-28-22-37-43-38(23-28)56(45-30(3)25-40-49(32(45)5)60-21-13-19-58-40)47-36-27-34(53(9,10)11)15-17-42(36)62-51(47)54(43)50-46(35-26-33(52(6,7)8)14-16-41(35)61-50)55(37)44-29(2)24-39-48(31(44)4)59-20-12-18-57-39/h14-17,22-27H,12-13,18-21H2,1-11H3. The molecule has 5 aromatic carbocycles. The lowest BCUT2D eigenvalue weighted by Crippen LogP contribution is -2.59. The van der Waals surface area contributed by atoms with Gasteiger partial charge in [-0.3, -0.25) is 0 Å². The molecule has 11 rings (SSSR count). The molecule has 9 heteroatoms. The first-order chi connectivity index (χ1) is 29.6. The van der Waals surface area contributed by atoms with Gasteiger partial charge >= 0.3 is 0 Å². The summed E-state index contributed by atoms with van der Waals surface area (Å²) in [5, 5.41) is 2.60. The first-order valence-corrected chi connectivity index (χ1v) is 23.9. The highest BCUT2D eigenvalue weighted by atomic mass is 32.1. The van der Waals surface area contributed by atoms with Crippen LogP contribution in [0.1, 0.15) is 93.3 Å². The van der Waals surface area contributed by atoms with E-state index >= 15 is 0 Å². The van der Waals surface area contributed by atoms with Crippen LogP contribution in [0, 0.1) is 34.6 Å². The molecule has 0 aliphatic carbocycles. The number of aryl methyl sites for hydroxylation is 3. The highest BCUT2D eigenvalue weighted by Gasteiger charge is 2.48. The summed E-state index contributed by atoms with van der Waals surface area (Å²) >= 11 is 3.93. The zero-order chi connectivity index (χ0) is 43.1. The van der Waals surface area contributed by atoms with Crippen molar-refractivity contribution < 1.29 is 18.9 Å². The van der Waals surface area contributed by atoms with E-state index in [0.717, 1.165) is 69.5 Å². The van der Waals surface area contributed by atoms with Gasteiger partial charge in [-0.2, -0.15) is 0 Å². The Kier molecular flexibility index (Phi) is 8.93. The van der Waals surface area contributed by atoms with Crippen LogP contribution < -0.4 is 43.8 Å². The number of rotatable bonds is 2. The van der Waals surface area contributed by atoms with Gasteiger partial charge in [0.2, 0.25) is 0 Å². The highest BCUT2D eigenvalue weighted by molar-refractivity contribution is 7.40. The minimum atomic E-state index is -0.0155. The van der Waals surface area contributed by atoms with Crippen molar-refractivity contribution in [3.05, 3.63) is 99.6 Å². The molecule has 4 aliphatic heterocycles. The van der Waals surface area contributed by atoms with Crippen LogP contribution in [0.15, 0.2) is 60.7 Å². The molecule has 7 aromatic rings. The second-order valence-corrected chi connectivity index (χ2v) is 22.1. The van der Waals surface area contributed by atoms with Crippen molar-refractivity contribution in [3.63, 3.8) is 0 Å². The Morgan fingerprint density at radius 3 is 1.35 bits per heavy atom. The molecule has 2 aromatic heterocycles. The van der Waals surface area contributed by atoms with E-state index in [4.69, 9.17) is 18.9 Å². The van der Waals surface area contributed by atoms with Crippen LogP contribution in [0.4, 0.5) is 34.1 Å². The zero-order valence-electron chi connectivity index (χ0n) is 37.9. The third-order valence-electron chi connectivity index (χ3n) is 13.4. The van der Waals surface area contributed by atoms with Crippen LogP contribution in [-0.4, -0.2) is 33.1 Å². The lowest BCUT2D eigenvalue weighted by Gasteiger charge is -2.43. The maximum absolute atomic E-state index is 6.57. The van der Waals surface area contributed by atoms with Crippen LogP contribution in [0.5, 0.6) is 23.0 Å². The topological polar surface area (TPSA) is 43.4 Å². The molecule has 0 bridgehead atoms. The fourth-order valence-electron chi connectivity index (χ4n) is 10.4. The van der Waals surface area contributed by atoms with E-state index in [2.05, 4.69) is 147 Å². The Morgan fingerprint density at radius 1 is 0.516 bits per heavy atom. The zero-order valence-corrected chi connectivity index (χ0v) is 39.6. The largest absolute Gasteiger partial charge is 0.490 e. The molecule has 0 N–H and O–H groups in total. The molecule has 62 heavy (non-hydrogen) atoms. The number of benzene rings is 5. The Bertz CT molecular complexity index is 2840. The summed E-state index contributed by atoms with van der Waals surface area (Å²) in [7, 11) is 0. The van der Waals surface area contributed by atoms with E-state index in [9.17, 15) is 0 Å². The SMILES string of the molecule is Cc1cc2c3c(c1)N(c1c(C)cc4c(c1C)OCCCO4)c1c(sc4ccc(C(C)(C)C)cc14)B3c1sc3ccc(C(C)(C)C)cc3c1N2c1c(C)cc2c(c1C)OCCCO2. The van der Waals surface area contributed by atoms with Crippen LogP contribution in [0.2, 0.25) is 0 Å². The Morgan fingerprint density at radius 2 is 0.935 bits per heavy atom. The van der Waals surface area contributed by atoms with Gasteiger partial charge < -0.3 is 28.7 Å². The summed E-state index contributed by atoms with van der Waals surface area (Å²) in [5.74, 6) is 3.38. The maximum Gasteiger partial charge on any atom is 0.277 e. The second-order valence-electron chi connectivity index (χ2n) is 20.0. The van der Waals surface area contributed by atoms with Gasteiger partial charge in [-0.1, -0.05) is 53.7 Å². The molecule has 0 saturated carbocycles. The fraction of sp³-hybridized carbons (Fsp3) is 0.358.